The summed E-state index contributed by atoms with van der Waals surface area (Å²) in [6, 6.07) is 2.43. The van der Waals surface area contributed by atoms with E-state index in [9.17, 15) is 23.9 Å². The lowest BCUT2D eigenvalue weighted by molar-refractivity contribution is -0.152. The van der Waals surface area contributed by atoms with E-state index in [2.05, 4.69) is 15.3 Å². The molecule has 1 aromatic heterocycles. The predicted molar refractivity (Wildman–Crippen MR) is 148 cm³/mol. The number of amidine groups is 1. The topological polar surface area (TPSA) is 138 Å². The van der Waals surface area contributed by atoms with Crippen LogP contribution in [0.5, 0.6) is 0 Å². The van der Waals surface area contributed by atoms with E-state index in [1.807, 2.05) is 0 Å². The summed E-state index contributed by atoms with van der Waals surface area (Å²) in [5, 5.41) is 12.4. The lowest BCUT2D eigenvalue weighted by Gasteiger charge is -2.30. The van der Waals surface area contributed by atoms with E-state index in [4.69, 9.17) is 20.8 Å². The van der Waals surface area contributed by atoms with E-state index in [1.54, 1.807) is 6.92 Å². The third kappa shape index (κ3) is 6.54. The number of aromatic nitrogens is 1. The number of likely N-dealkylation sites (tertiary alicyclic amines) is 1. The Morgan fingerprint density at radius 1 is 1.33 bits per heavy atom. The Bertz CT molecular complexity index is 1510. The van der Waals surface area contributed by atoms with Crippen molar-refractivity contribution in [3.63, 3.8) is 0 Å². The van der Waals surface area contributed by atoms with Gasteiger partial charge in [0.25, 0.3) is 5.92 Å². The number of amides is 1. The third-order valence-corrected chi connectivity index (χ3v) is 7.74. The van der Waals surface area contributed by atoms with Gasteiger partial charge in [0.15, 0.2) is 12.2 Å². The minimum Gasteiger partial charge on any atom is -0.481 e. The number of esters is 1. The number of aryl methyl sites for hydroxylation is 1. The first-order valence-electron chi connectivity index (χ1n) is 13.2. The normalized spacial score (nSPS) is 20.4. The number of hydrogen-bond acceptors (Lipinski definition) is 9. The Kier molecular flexibility index (Phi) is 8.93. The van der Waals surface area contributed by atoms with Crippen LogP contribution in [0.2, 0.25) is 5.02 Å². The van der Waals surface area contributed by atoms with Gasteiger partial charge in [0.1, 0.15) is 29.2 Å². The van der Waals surface area contributed by atoms with Crippen LogP contribution in [-0.4, -0.2) is 89.8 Å². The molecule has 1 saturated heterocycles. The highest BCUT2D eigenvalue weighted by molar-refractivity contribution is 6.31. The molecule has 232 valence electrons. The minimum atomic E-state index is -3.46. The number of carbonyl (C=O) groups is 3. The molecular weight excluding hydrogens is 595 g/mol. The fraction of sp³-hybridized carbons (Fsp3) is 0.464. The molecular formula is C28H31ClF3N5O6. The Morgan fingerprint density at radius 2 is 2.02 bits per heavy atom. The summed E-state index contributed by atoms with van der Waals surface area (Å²) in [6.45, 7) is 2.67. The summed E-state index contributed by atoms with van der Waals surface area (Å²) in [5.74, 6) is -8.23. The number of ether oxygens (including phenoxy) is 1. The van der Waals surface area contributed by atoms with Gasteiger partial charge < -0.3 is 24.5 Å². The van der Waals surface area contributed by atoms with Gasteiger partial charge in [-0.1, -0.05) is 17.7 Å². The smallest absolute Gasteiger partial charge is 0.338 e. The van der Waals surface area contributed by atoms with Crippen molar-refractivity contribution in [1.29, 1.82) is 0 Å². The van der Waals surface area contributed by atoms with E-state index < -0.39 is 53.5 Å². The van der Waals surface area contributed by atoms with Crippen molar-refractivity contribution >= 4 is 35.3 Å². The fourth-order valence-corrected chi connectivity index (χ4v) is 5.41. The van der Waals surface area contributed by atoms with Crippen molar-refractivity contribution in [2.24, 2.45) is 16.3 Å². The van der Waals surface area contributed by atoms with Crippen LogP contribution in [-0.2, 0) is 19.1 Å². The van der Waals surface area contributed by atoms with Crippen molar-refractivity contribution in [2.75, 3.05) is 40.3 Å². The lowest BCUT2D eigenvalue weighted by Crippen LogP contribution is -2.46. The number of nitrogens with zero attached hydrogens (tertiary/aromatic N) is 4. The highest BCUT2D eigenvalue weighted by atomic mass is 35.5. The van der Waals surface area contributed by atoms with Gasteiger partial charge in [-0.05, 0) is 32.9 Å². The third-order valence-electron chi connectivity index (χ3n) is 7.41. The molecule has 0 radical (unpaired) electrons. The van der Waals surface area contributed by atoms with Crippen LogP contribution in [0.4, 0.5) is 13.2 Å². The van der Waals surface area contributed by atoms with Crippen LogP contribution < -0.4 is 5.32 Å². The molecule has 2 aliphatic heterocycles. The van der Waals surface area contributed by atoms with Crippen molar-refractivity contribution in [2.45, 2.75) is 32.7 Å². The Balaban J connectivity index is 1.70. The number of aliphatic imine (C=N–C) groups is 1. The second-order valence-corrected chi connectivity index (χ2v) is 11.6. The zero-order valence-electron chi connectivity index (χ0n) is 24.1. The zero-order valence-corrected chi connectivity index (χ0v) is 24.8. The summed E-state index contributed by atoms with van der Waals surface area (Å²) in [6.07, 6.45) is 1.19. The van der Waals surface area contributed by atoms with Gasteiger partial charge in [-0.2, -0.15) is 0 Å². The number of rotatable bonds is 9. The molecule has 4 rings (SSSR count). The summed E-state index contributed by atoms with van der Waals surface area (Å²) in [4.78, 5) is 48.8. The summed E-state index contributed by atoms with van der Waals surface area (Å²) >= 11 is 6.36. The van der Waals surface area contributed by atoms with Crippen molar-refractivity contribution in [3.8, 4) is 0 Å². The molecule has 2 N–H and O–H groups in total. The van der Waals surface area contributed by atoms with Crippen molar-refractivity contribution < 1.29 is 41.8 Å². The average Bonchev–Trinajstić information content (AvgIpc) is 3.48. The van der Waals surface area contributed by atoms with Gasteiger partial charge in [-0.15, -0.1) is 0 Å². The molecule has 2 aliphatic rings. The second kappa shape index (κ2) is 12.0. The van der Waals surface area contributed by atoms with E-state index in [1.165, 1.54) is 38.3 Å². The lowest BCUT2D eigenvalue weighted by atomic mass is 9.92. The first-order chi connectivity index (χ1) is 20.1. The SMILES string of the molecule is COC(=O)C1=C(CN2CC(C(=O)N(C)CC(C)(C)C(=O)O)C(F)(F)C2)NC(c2ncoc2C)=N[C@H]1c1ccc(F)cc1Cl. The molecule has 15 heteroatoms. The van der Waals surface area contributed by atoms with Gasteiger partial charge in [0, 0.05) is 43.0 Å². The molecule has 0 aliphatic carbocycles. The quantitative estimate of drug-likeness (QED) is 0.402. The maximum absolute atomic E-state index is 15.3. The number of methoxy groups -OCH3 is 1. The fourth-order valence-electron chi connectivity index (χ4n) is 5.14. The highest BCUT2D eigenvalue weighted by Gasteiger charge is 2.53. The monoisotopic (exact) mass is 625 g/mol. The molecule has 11 nitrogen and oxygen atoms in total. The molecule has 3 heterocycles. The highest BCUT2D eigenvalue weighted by Crippen LogP contribution is 2.39. The number of carboxylic acids is 1. The molecule has 2 atom stereocenters. The molecule has 2 aromatic rings. The number of benzene rings is 1. The van der Waals surface area contributed by atoms with Crippen LogP contribution in [0.3, 0.4) is 0 Å². The van der Waals surface area contributed by atoms with Gasteiger partial charge in [0.2, 0.25) is 5.91 Å². The van der Waals surface area contributed by atoms with Gasteiger partial charge >= 0.3 is 11.9 Å². The largest absolute Gasteiger partial charge is 0.481 e. The van der Waals surface area contributed by atoms with E-state index >= 15 is 8.78 Å². The number of carboxylic acid groups (broad SMARTS) is 1. The Labute approximate surface area is 250 Å². The summed E-state index contributed by atoms with van der Waals surface area (Å²) in [7, 11) is 2.43. The number of nitrogens with one attached hydrogen (secondary N) is 1. The number of alkyl halides is 2. The van der Waals surface area contributed by atoms with Gasteiger partial charge in [-0.25, -0.2) is 22.9 Å². The molecule has 1 aromatic carbocycles. The molecule has 0 spiro atoms. The van der Waals surface area contributed by atoms with Crippen LogP contribution in [0.1, 0.15) is 36.9 Å². The van der Waals surface area contributed by atoms with E-state index in [0.717, 1.165) is 24.1 Å². The second-order valence-electron chi connectivity index (χ2n) is 11.2. The van der Waals surface area contributed by atoms with Crippen LogP contribution in [0, 0.1) is 24.1 Å². The Morgan fingerprint density at radius 3 is 2.60 bits per heavy atom. The number of oxazole rings is 1. The predicted octanol–water partition coefficient (Wildman–Crippen LogP) is 3.43. The van der Waals surface area contributed by atoms with Crippen LogP contribution in [0.15, 0.2) is 45.3 Å². The number of aliphatic carboxylic acids is 1. The van der Waals surface area contributed by atoms with E-state index in [-0.39, 0.29) is 53.0 Å². The molecule has 1 fully saturated rings. The minimum absolute atomic E-state index is 0.0293. The first-order valence-corrected chi connectivity index (χ1v) is 13.5. The van der Waals surface area contributed by atoms with Gasteiger partial charge in [-0.3, -0.25) is 19.5 Å². The molecule has 0 saturated carbocycles. The van der Waals surface area contributed by atoms with E-state index in [0.29, 0.717) is 5.76 Å². The summed E-state index contributed by atoms with van der Waals surface area (Å²) in [5.41, 5.74) is -0.737. The Hall–Kier alpha value is -3.91. The maximum Gasteiger partial charge on any atom is 0.338 e. The van der Waals surface area contributed by atoms with Gasteiger partial charge in [0.05, 0.1) is 24.6 Å². The first kappa shape index (κ1) is 32.0. The van der Waals surface area contributed by atoms with Crippen LogP contribution in [0.25, 0.3) is 0 Å². The average molecular weight is 626 g/mol. The number of carbonyl (C=O) groups excluding carboxylic acids is 2. The molecule has 1 unspecified atom stereocenters. The maximum atomic E-state index is 15.3. The van der Waals surface area contributed by atoms with Crippen molar-refractivity contribution in [1.82, 2.24) is 20.1 Å². The molecule has 1 amide bonds. The molecule has 43 heavy (non-hydrogen) atoms. The van der Waals surface area contributed by atoms with Crippen molar-refractivity contribution in [3.05, 3.63) is 63.7 Å². The zero-order chi connectivity index (χ0) is 31.9. The van der Waals surface area contributed by atoms with Crippen LogP contribution >= 0.6 is 11.6 Å². The molecule has 0 bridgehead atoms. The summed E-state index contributed by atoms with van der Waals surface area (Å²) < 4.78 is 54.8. The number of hydrogen-bond donors (Lipinski definition) is 2. The number of halogens is 4. The standard InChI is InChI=1S/C28H31ClF3N5O6/c1-14-21(33-13-43-14)23-34-19(20(25(39)42-5)22(35-23)16-7-6-15(30)8-18(16)29)10-37-9-17(28(31,32)12-37)24(38)36(4)11-27(2,3)26(40)41/h6-8,13,17,22H,9-12H2,1-5H3,(H,34,35)(H,40,41)/t17?,22-/m0/s1.